The highest BCUT2D eigenvalue weighted by atomic mass is 32.1. The van der Waals surface area contributed by atoms with Gasteiger partial charge in [-0.15, -0.1) is 10.2 Å². The number of carbonyl (C=O) groups excluding carboxylic acids is 1. The maximum absolute atomic E-state index is 12.1. The van der Waals surface area contributed by atoms with E-state index in [9.17, 15) is 4.79 Å². The predicted molar refractivity (Wildman–Crippen MR) is 83.8 cm³/mol. The maximum Gasteiger partial charge on any atom is 0.266 e. The molecule has 0 aliphatic heterocycles. The fourth-order valence-corrected chi connectivity index (χ4v) is 2.54. The molecule has 1 amide bonds. The molecule has 0 spiro atoms. The van der Waals surface area contributed by atoms with Gasteiger partial charge in [0.05, 0.1) is 0 Å². The van der Waals surface area contributed by atoms with E-state index >= 15 is 0 Å². The monoisotopic (exact) mass is 305 g/mol. The molecule has 0 aliphatic rings. The number of carbonyl (C=O) groups is 1. The number of hydrogen-bond acceptors (Lipinski definition) is 5. The van der Waals surface area contributed by atoms with Gasteiger partial charge in [-0.1, -0.05) is 36.0 Å². The molecule has 2 rings (SSSR count). The first-order valence-corrected chi connectivity index (χ1v) is 7.76. The summed E-state index contributed by atoms with van der Waals surface area (Å²) >= 11 is 1.40. The van der Waals surface area contributed by atoms with Crippen molar-refractivity contribution in [1.29, 1.82) is 0 Å². The van der Waals surface area contributed by atoms with Crippen molar-refractivity contribution in [3.63, 3.8) is 0 Å². The van der Waals surface area contributed by atoms with Gasteiger partial charge in [0.15, 0.2) is 6.10 Å². The van der Waals surface area contributed by atoms with Crippen molar-refractivity contribution < 1.29 is 9.53 Å². The third-order valence-corrected chi connectivity index (χ3v) is 3.76. The Hall–Kier alpha value is -1.95. The minimum absolute atomic E-state index is 0.227. The summed E-state index contributed by atoms with van der Waals surface area (Å²) in [5.74, 6) is 0.446. The van der Waals surface area contributed by atoms with Gasteiger partial charge in [-0.25, -0.2) is 0 Å². The first-order chi connectivity index (χ1) is 10.1. The van der Waals surface area contributed by atoms with Crippen LogP contribution in [0, 0.1) is 6.92 Å². The Bertz CT molecular complexity index is 595. The lowest BCUT2D eigenvalue weighted by Gasteiger charge is -2.13. The van der Waals surface area contributed by atoms with Crippen LogP contribution in [0.1, 0.15) is 30.8 Å². The van der Waals surface area contributed by atoms with Crippen LogP contribution in [0.25, 0.3) is 0 Å². The Morgan fingerprint density at radius 2 is 2.05 bits per heavy atom. The Balaban J connectivity index is 1.90. The SMILES string of the molecule is CCCc1nnc(NC(=O)C(C)Oc2ccc(C)cc2)s1. The van der Waals surface area contributed by atoms with E-state index in [4.69, 9.17) is 4.74 Å². The number of aryl methyl sites for hydroxylation is 2. The lowest BCUT2D eigenvalue weighted by Crippen LogP contribution is -2.30. The standard InChI is InChI=1S/C15H19N3O2S/c1-4-5-13-17-18-15(21-13)16-14(19)11(3)20-12-8-6-10(2)7-9-12/h6-9,11H,4-5H2,1-3H3,(H,16,18,19). The van der Waals surface area contributed by atoms with E-state index in [0.717, 1.165) is 23.4 Å². The molecule has 0 aliphatic carbocycles. The van der Waals surface area contributed by atoms with Crippen LogP contribution in [-0.4, -0.2) is 22.2 Å². The number of anilines is 1. The van der Waals surface area contributed by atoms with Crippen LogP contribution < -0.4 is 10.1 Å². The number of ether oxygens (including phenoxy) is 1. The zero-order valence-electron chi connectivity index (χ0n) is 12.4. The molecule has 21 heavy (non-hydrogen) atoms. The fourth-order valence-electron chi connectivity index (χ4n) is 1.70. The van der Waals surface area contributed by atoms with Crippen LogP contribution in [0.15, 0.2) is 24.3 Å². The number of hydrogen-bond donors (Lipinski definition) is 1. The third kappa shape index (κ3) is 4.53. The largest absolute Gasteiger partial charge is 0.481 e. The van der Waals surface area contributed by atoms with Gasteiger partial charge in [-0.05, 0) is 32.4 Å². The van der Waals surface area contributed by atoms with E-state index in [2.05, 4.69) is 22.4 Å². The molecule has 1 aromatic carbocycles. The van der Waals surface area contributed by atoms with E-state index in [1.807, 2.05) is 31.2 Å². The summed E-state index contributed by atoms with van der Waals surface area (Å²) in [4.78, 5) is 12.1. The van der Waals surface area contributed by atoms with Crippen LogP contribution in [-0.2, 0) is 11.2 Å². The highest BCUT2D eigenvalue weighted by molar-refractivity contribution is 7.15. The number of amides is 1. The summed E-state index contributed by atoms with van der Waals surface area (Å²) in [6.07, 6.45) is 1.30. The van der Waals surface area contributed by atoms with E-state index in [1.54, 1.807) is 6.92 Å². The van der Waals surface area contributed by atoms with Crippen molar-refractivity contribution in [3.05, 3.63) is 34.8 Å². The predicted octanol–water partition coefficient (Wildman–Crippen LogP) is 3.21. The quantitative estimate of drug-likeness (QED) is 0.890. The van der Waals surface area contributed by atoms with E-state index < -0.39 is 6.10 Å². The molecule has 1 atom stereocenters. The molecule has 5 nitrogen and oxygen atoms in total. The summed E-state index contributed by atoms with van der Waals surface area (Å²) in [6, 6.07) is 7.59. The second-order valence-electron chi connectivity index (χ2n) is 4.81. The number of benzene rings is 1. The molecule has 112 valence electrons. The summed E-state index contributed by atoms with van der Waals surface area (Å²) in [5.41, 5.74) is 1.15. The Morgan fingerprint density at radius 1 is 1.33 bits per heavy atom. The molecule has 0 saturated carbocycles. The van der Waals surface area contributed by atoms with Crippen LogP contribution in [0.3, 0.4) is 0 Å². The van der Waals surface area contributed by atoms with Crippen LogP contribution in [0.5, 0.6) is 5.75 Å². The minimum atomic E-state index is -0.591. The molecule has 1 heterocycles. The minimum Gasteiger partial charge on any atom is -0.481 e. The first kappa shape index (κ1) is 15.4. The van der Waals surface area contributed by atoms with Gasteiger partial charge < -0.3 is 4.74 Å². The topological polar surface area (TPSA) is 64.1 Å². The zero-order valence-corrected chi connectivity index (χ0v) is 13.2. The van der Waals surface area contributed by atoms with Gasteiger partial charge in [0.2, 0.25) is 5.13 Å². The van der Waals surface area contributed by atoms with Crippen molar-refractivity contribution in [2.75, 3.05) is 5.32 Å². The molecule has 0 bridgehead atoms. The number of rotatable bonds is 6. The maximum atomic E-state index is 12.1. The molecule has 0 saturated heterocycles. The number of aromatic nitrogens is 2. The van der Waals surface area contributed by atoms with Gasteiger partial charge in [0, 0.05) is 6.42 Å². The van der Waals surface area contributed by atoms with Crippen LogP contribution >= 0.6 is 11.3 Å². The highest BCUT2D eigenvalue weighted by Crippen LogP contribution is 2.18. The van der Waals surface area contributed by atoms with Crippen molar-refractivity contribution in [2.24, 2.45) is 0 Å². The third-order valence-electron chi connectivity index (χ3n) is 2.86. The summed E-state index contributed by atoms with van der Waals surface area (Å²) < 4.78 is 5.60. The Morgan fingerprint density at radius 3 is 2.71 bits per heavy atom. The molecule has 0 fully saturated rings. The smallest absolute Gasteiger partial charge is 0.266 e. The van der Waals surface area contributed by atoms with Crippen molar-refractivity contribution in [1.82, 2.24) is 10.2 Å². The lowest BCUT2D eigenvalue weighted by molar-refractivity contribution is -0.122. The second kappa shape index (κ2) is 7.17. The van der Waals surface area contributed by atoms with Crippen LogP contribution in [0.2, 0.25) is 0 Å². The van der Waals surface area contributed by atoms with E-state index in [1.165, 1.54) is 11.3 Å². The molecular formula is C15H19N3O2S. The summed E-state index contributed by atoms with van der Waals surface area (Å²) in [6.45, 7) is 5.80. The first-order valence-electron chi connectivity index (χ1n) is 6.95. The zero-order chi connectivity index (χ0) is 15.2. The molecule has 6 heteroatoms. The summed E-state index contributed by atoms with van der Waals surface area (Å²) in [7, 11) is 0. The molecule has 2 aromatic rings. The van der Waals surface area contributed by atoms with E-state index in [0.29, 0.717) is 10.9 Å². The average Bonchev–Trinajstić information content (AvgIpc) is 2.89. The number of nitrogens with one attached hydrogen (secondary N) is 1. The van der Waals surface area contributed by atoms with Gasteiger partial charge in [-0.3, -0.25) is 10.1 Å². The molecule has 1 N–H and O–H groups in total. The molecule has 0 radical (unpaired) electrons. The number of nitrogens with zero attached hydrogens (tertiary/aromatic N) is 2. The van der Waals surface area contributed by atoms with Gasteiger partial charge in [0.25, 0.3) is 5.91 Å². The van der Waals surface area contributed by atoms with Gasteiger partial charge in [-0.2, -0.15) is 0 Å². The Labute approximate surface area is 128 Å². The van der Waals surface area contributed by atoms with E-state index in [-0.39, 0.29) is 5.91 Å². The highest BCUT2D eigenvalue weighted by Gasteiger charge is 2.16. The summed E-state index contributed by atoms with van der Waals surface area (Å²) in [5, 5.41) is 12.2. The van der Waals surface area contributed by atoms with Crippen LogP contribution in [0.4, 0.5) is 5.13 Å². The van der Waals surface area contributed by atoms with Crippen molar-refractivity contribution >= 4 is 22.4 Å². The lowest BCUT2D eigenvalue weighted by atomic mass is 10.2. The molecule has 1 unspecified atom stereocenters. The van der Waals surface area contributed by atoms with Crippen molar-refractivity contribution in [3.8, 4) is 5.75 Å². The fraction of sp³-hybridized carbons (Fsp3) is 0.400. The van der Waals surface area contributed by atoms with Crippen molar-refractivity contribution in [2.45, 2.75) is 39.7 Å². The normalized spacial score (nSPS) is 12.0. The van der Waals surface area contributed by atoms with Gasteiger partial charge >= 0.3 is 0 Å². The average molecular weight is 305 g/mol. The molecule has 1 aromatic heterocycles. The van der Waals surface area contributed by atoms with Gasteiger partial charge in [0.1, 0.15) is 10.8 Å². The Kier molecular flexibility index (Phi) is 5.27. The second-order valence-corrected chi connectivity index (χ2v) is 5.88. The molecular weight excluding hydrogens is 286 g/mol.